The second-order valence-electron chi connectivity index (χ2n) is 6.53. The van der Waals surface area contributed by atoms with E-state index in [1.807, 2.05) is 12.4 Å². The summed E-state index contributed by atoms with van der Waals surface area (Å²) in [6.07, 6.45) is 8.73. The molecule has 0 bridgehead atoms. The number of nitrogens with one attached hydrogen (secondary N) is 1. The summed E-state index contributed by atoms with van der Waals surface area (Å²) in [6.45, 7) is 4.48. The second-order valence-corrected chi connectivity index (χ2v) is 6.53. The molecular weight excluding hydrogens is 248 g/mol. The van der Waals surface area contributed by atoms with Crippen molar-refractivity contribution in [3.05, 3.63) is 29.6 Å². The fourth-order valence-electron chi connectivity index (χ4n) is 3.80. The highest BCUT2D eigenvalue weighted by atomic mass is 15.3. The van der Waals surface area contributed by atoms with Crippen molar-refractivity contribution in [3.63, 3.8) is 0 Å². The molecule has 0 amide bonds. The van der Waals surface area contributed by atoms with Crippen LogP contribution in [0.4, 0.5) is 0 Å². The van der Waals surface area contributed by atoms with Crippen LogP contribution in [0, 0.1) is 12.8 Å². The van der Waals surface area contributed by atoms with E-state index in [4.69, 9.17) is 5.84 Å². The van der Waals surface area contributed by atoms with Crippen LogP contribution in [0.25, 0.3) is 0 Å². The highest BCUT2D eigenvalue weighted by Crippen LogP contribution is 2.44. The molecule has 3 unspecified atom stereocenters. The minimum Gasteiger partial charge on any atom is -0.302 e. The zero-order chi connectivity index (χ0) is 14.8. The average molecular weight is 276 g/mol. The number of pyridine rings is 1. The molecule has 1 aromatic heterocycles. The predicted molar refractivity (Wildman–Crippen MR) is 83.1 cm³/mol. The van der Waals surface area contributed by atoms with Crippen LogP contribution in [-0.4, -0.2) is 29.5 Å². The van der Waals surface area contributed by atoms with E-state index in [0.29, 0.717) is 0 Å². The van der Waals surface area contributed by atoms with E-state index in [0.717, 1.165) is 5.92 Å². The Hall–Kier alpha value is -0.970. The zero-order valence-corrected chi connectivity index (χ0v) is 13.2. The average Bonchev–Trinajstić information content (AvgIpc) is 2.41. The van der Waals surface area contributed by atoms with Gasteiger partial charge in [0.1, 0.15) is 0 Å². The Morgan fingerprint density at radius 3 is 2.80 bits per heavy atom. The molecule has 20 heavy (non-hydrogen) atoms. The summed E-state index contributed by atoms with van der Waals surface area (Å²) in [4.78, 5) is 6.67. The van der Waals surface area contributed by atoms with Gasteiger partial charge in [0.25, 0.3) is 0 Å². The van der Waals surface area contributed by atoms with Crippen molar-refractivity contribution >= 4 is 0 Å². The summed E-state index contributed by atoms with van der Waals surface area (Å²) in [7, 11) is 4.35. The standard InChI is InChI=1S/C16H28N4/c1-12-6-5-8-16(10-12,20(3)4)15(19-17)14-11-18-9-7-13(14)2/h7,9,11-12,15,19H,5-6,8,10,17H2,1-4H3. The maximum Gasteiger partial charge on any atom is 0.0661 e. The summed E-state index contributed by atoms with van der Waals surface area (Å²) in [5, 5.41) is 0. The molecule has 1 fully saturated rings. The molecule has 4 heteroatoms. The van der Waals surface area contributed by atoms with Gasteiger partial charge in [-0.1, -0.05) is 19.8 Å². The first-order valence-electron chi connectivity index (χ1n) is 7.55. The fourth-order valence-corrected chi connectivity index (χ4v) is 3.80. The van der Waals surface area contributed by atoms with Gasteiger partial charge >= 0.3 is 0 Å². The smallest absolute Gasteiger partial charge is 0.0661 e. The topological polar surface area (TPSA) is 54.2 Å². The molecule has 112 valence electrons. The van der Waals surface area contributed by atoms with Gasteiger partial charge in [0.2, 0.25) is 0 Å². The highest BCUT2D eigenvalue weighted by Gasteiger charge is 2.44. The number of nitrogens with zero attached hydrogens (tertiary/aromatic N) is 2. The van der Waals surface area contributed by atoms with Crippen LogP contribution in [-0.2, 0) is 0 Å². The zero-order valence-electron chi connectivity index (χ0n) is 13.2. The van der Waals surface area contributed by atoms with Crippen LogP contribution in [0.5, 0.6) is 0 Å². The Bertz CT molecular complexity index is 446. The van der Waals surface area contributed by atoms with E-state index >= 15 is 0 Å². The third kappa shape index (κ3) is 2.73. The summed E-state index contributed by atoms with van der Waals surface area (Å²) in [6, 6.07) is 2.18. The Morgan fingerprint density at radius 2 is 2.25 bits per heavy atom. The third-order valence-corrected chi connectivity index (χ3v) is 4.99. The molecule has 1 aromatic rings. The van der Waals surface area contributed by atoms with Crippen LogP contribution >= 0.6 is 0 Å². The van der Waals surface area contributed by atoms with Gasteiger partial charge in [-0.15, -0.1) is 0 Å². The minimum atomic E-state index is 0.0697. The number of hydrazine groups is 1. The lowest BCUT2D eigenvalue weighted by molar-refractivity contribution is 0.0363. The number of aryl methyl sites for hydroxylation is 1. The third-order valence-electron chi connectivity index (χ3n) is 4.99. The lowest BCUT2D eigenvalue weighted by atomic mass is 9.69. The van der Waals surface area contributed by atoms with Crippen molar-refractivity contribution in [3.8, 4) is 0 Å². The lowest BCUT2D eigenvalue weighted by Gasteiger charge is -2.50. The van der Waals surface area contributed by atoms with Crippen LogP contribution in [0.1, 0.15) is 49.8 Å². The molecule has 1 aliphatic rings. The molecule has 2 rings (SSSR count). The normalized spacial score (nSPS) is 28.6. The van der Waals surface area contributed by atoms with Crippen molar-refractivity contribution in [2.75, 3.05) is 14.1 Å². The molecule has 0 saturated heterocycles. The predicted octanol–water partition coefficient (Wildman–Crippen LogP) is 2.40. The maximum atomic E-state index is 5.97. The first-order chi connectivity index (χ1) is 9.51. The van der Waals surface area contributed by atoms with Crippen molar-refractivity contribution < 1.29 is 0 Å². The van der Waals surface area contributed by atoms with E-state index in [2.05, 4.69) is 49.3 Å². The number of nitrogens with two attached hydrogens (primary N) is 1. The number of hydrogen-bond donors (Lipinski definition) is 2. The molecule has 1 heterocycles. The van der Waals surface area contributed by atoms with E-state index < -0.39 is 0 Å². The van der Waals surface area contributed by atoms with Gasteiger partial charge in [-0.25, -0.2) is 0 Å². The quantitative estimate of drug-likeness (QED) is 0.655. The second kappa shape index (κ2) is 6.20. The van der Waals surface area contributed by atoms with Gasteiger partial charge in [0.05, 0.1) is 6.04 Å². The minimum absolute atomic E-state index is 0.0697. The molecule has 0 aromatic carbocycles. The van der Waals surface area contributed by atoms with Gasteiger partial charge in [-0.2, -0.15) is 0 Å². The van der Waals surface area contributed by atoms with Gasteiger partial charge < -0.3 is 4.90 Å². The molecule has 0 aliphatic heterocycles. The SMILES string of the molecule is Cc1ccncc1C(NN)C1(N(C)C)CCCC(C)C1. The molecule has 3 N–H and O–H groups in total. The first kappa shape index (κ1) is 15.4. The Labute approximate surface area is 122 Å². The number of hydrogen-bond acceptors (Lipinski definition) is 4. The summed E-state index contributed by atoms with van der Waals surface area (Å²) in [5.74, 6) is 6.70. The summed E-state index contributed by atoms with van der Waals surface area (Å²) >= 11 is 0. The lowest BCUT2D eigenvalue weighted by Crippen LogP contribution is -2.57. The molecule has 3 atom stereocenters. The fraction of sp³-hybridized carbons (Fsp3) is 0.688. The van der Waals surface area contributed by atoms with Crippen LogP contribution in [0.15, 0.2) is 18.5 Å². The van der Waals surface area contributed by atoms with Gasteiger partial charge in [-0.05, 0) is 57.0 Å². The maximum absolute atomic E-state index is 5.97. The van der Waals surface area contributed by atoms with Crippen LogP contribution < -0.4 is 11.3 Å². The monoisotopic (exact) mass is 276 g/mol. The van der Waals surface area contributed by atoms with Gasteiger partial charge in [-0.3, -0.25) is 16.3 Å². The van der Waals surface area contributed by atoms with Crippen molar-refractivity contribution in [2.24, 2.45) is 11.8 Å². The van der Waals surface area contributed by atoms with E-state index in [-0.39, 0.29) is 11.6 Å². The summed E-state index contributed by atoms with van der Waals surface area (Å²) in [5.41, 5.74) is 5.63. The molecule has 4 nitrogen and oxygen atoms in total. The van der Waals surface area contributed by atoms with Crippen LogP contribution in [0.3, 0.4) is 0 Å². The van der Waals surface area contributed by atoms with Crippen molar-refractivity contribution in [2.45, 2.75) is 51.1 Å². The molecule has 0 spiro atoms. The van der Waals surface area contributed by atoms with Crippen molar-refractivity contribution in [1.82, 2.24) is 15.3 Å². The summed E-state index contributed by atoms with van der Waals surface area (Å²) < 4.78 is 0. The van der Waals surface area contributed by atoms with Gasteiger partial charge in [0, 0.05) is 17.9 Å². The number of likely N-dealkylation sites (N-methyl/N-ethyl adjacent to an activating group) is 1. The van der Waals surface area contributed by atoms with Crippen LogP contribution in [0.2, 0.25) is 0 Å². The van der Waals surface area contributed by atoms with E-state index in [1.54, 1.807) is 0 Å². The largest absolute Gasteiger partial charge is 0.302 e. The van der Waals surface area contributed by atoms with E-state index in [9.17, 15) is 0 Å². The Morgan fingerprint density at radius 1 is 1.50 bits per heavy atom. The molecule has 1 saturated carbocycles. The Kier molecular flexibility index (Phi) is 4.78. The molecule has 1 aliphatic carbocycles. The highest BCUT2D eigenvalue weighted by molar-refractivity contribution is 5.29. The molecule has 0 radical (unpaired) electrons. The molecular formula is C16H28N4. The number of aromatic nitrogens is 1. The Balaban J connectivity index is 2.43. The van der Waals surface area contributed by atoms with E-state index in [1.165, 1.54) is 36.8 Å². The van der Waals surface area contributed by atoms with Crippen molar-refractivity contribution in [1.29, 1.82) is 0 Å². The first-order valence-corrected chi connectivity index (χ1v) is 7.55. The van der Waals surface area contributed by atoms with Gasteiger partial charge in [0.15, 0.2) is 0 Å². The number of rotatable bonds is 4.